The lowest BCUT2D eigenvalue weighted by Gasteiger charge is -2.32. The molecule has 9 aliphatic heterocycles. The van der Waals surface area contributed by atoms with Crippen LogP contribution in [0.2, 0.25) is 37.9 Å². The van der Waals surface area contributed by atoms with E-state index in [1.54, 1.807) is 43.5 Å². The molecule has 49 N–H and O–H groups in total. The Morgan fingerprint density at radius 2 is 0.691 bits per heavy atom. The van der Waals surface area contributed by atoms with Gasteiger partial charge in [-0.2, -0.15) is 0 Å². The zero-order chi connectivity index (χ0) is 102. The molecule has 0 aromatic rings. The Morgan fingerprint density at radius 3 is 0.971 bits per heavy atom. The molecular weight excluding hydrogens is 1780 g/mol. The first-order valence-electron chi connectivity index (χ1n) is 46.6. The number of carbonyl (C=O) groups is 6. The fourth-order valence-electron chi connectivity index (χ4n) is 18.0. The van der Waals surface area contributed by atoms with Crippen LogP contribution in [0.5, 0.6) is 0 Å². The van der Waals surface area contributed by atoms with Crippen LogP contribution in [-0.4, -0.2) is 461 Å². The number of guanidine groups is 6. The largest absolute Gasteiger partial charge is 0.480 e. The Bertz CT molecular complexity index is 3920. The van der Waals surface area contributed by atoms with Crippen molar-refractivity contribution in [2.75, 3.05) is 165 Å². The highest BCUT2D eigenvalue weighted by Crippen LogP contribution is 2.38. The maximum Gasteiger partial charge on any atom is 0.451 e. The summed E-state index contributed by atoms with van der Waals surface area (Å²) in [6.07, 6.45) is 11.6. The second-order valence-corrected chi connectivity index (χ2v) is 37.8. The second kappa shape index (κ2) is 55.2. The first kappa shape index (κ1) is 118. The highest BCUT2D eigenvalue weighted by molar-refractivity contribution is 6.42. The highest BCUT2D eigenvalue weighted by atomic mass is 16.4. The molecule has 9 saturated heterocycles. The number of hydrogen-bond donors (Lipinski definition) is 36. The van der Waals surface area contributed by atoms with Gasteiger partial charge >= 0.3 is 78.5 Å². The number of likely N-dealkylation sites (tertiary alicyclic amines) is 6. The third-order valence-electron chi connectivity index (χ3n) is 27.1. The van der Waals surface area contributed by atoms with E-state index in [1.807, 2.05) is 4.90 Å². The quantitative estimate of drug-likeness (QED) is 0.0154. The number of likely N-dealkylation sites (N-methyl/N-ethyl adjacent to an activating group) is 1. The van der Waals surface area contributed by atoms with Crippen molar-refractivity contribution in [1.82, 2.24) is 55.6 Å². The molecule has 772 valence electrons. The van der Waals surface area contributed by atoms with Gasteiger partial charge in [0.25, 0.3) is 0 Å². The third kappa shape index (κ3) is 35.6. The molecule has 0 aromatic carbocycles. The predicted octanol–water partition coefficient (Wildman–Crippen LogP) is -14.1. The van der Waals surface area contributed by atoms with Crippen molar-refractivity contribution < 1.29 is 120 Å². The number of hydrogen-bond acceptors (Lipinski definition) is 36. The van der Waals surface area contributed by atoms with Gasteiger partial charge in [-0.25, -0.2) is 9.98 Å². The van der Waals surface area contributed by atoms with E-state index < -0.39 is 112 Å². The van der Waals surface area contributed by atoms with Crippen molar-refractivity contribution in [3.05, 3.63) is 0 Å². The van der Waals surface area contributed by atoms with E-state index in [1.165, 1.54) is 0 Å². The minimum atomic E-state index is -1.43. The van der Waals surface area contributed by atoms with Gasteiger partial charge in [-0.1, -0.05) is 38.5 Å². The SMILES string of the molecule is CN(CCN)C(=N)N1CC(CCCB(O)O)C(N)(C(=O)O)C1.CN=C(NC1CNC1)N1CC(CCCB(O)O)C(N)(C(=O)O)C1.NC(=NC1CCNC1)N1CC(CCCB(O)O)C(N)(C(=O)O)C1.NC(=NC1CCNCC1)N1CC(CCCB(O)O)C(N)(C(=O)O)C1.NC(=NCC1(N)CC1)N1CC(CCCB(O)O)C(N)(C(=O)O)C1.NCCN=C(N)N1CC(CCCB(O)O)C(N)(C(=O)O)C1. The van der Waals surface area contributed by atoms with E-state index in [0.717, 1.165) is 71.4 Å². The van der Waals surface area contributed by atoms with Crippen molar-refractivity contribution in [3.63, 3.8) is 0 Å². The molecule has 54 nitrogen and oxygen atoms in total. The number of aliphatic imine (C=N–C) groups is 5. The van der Waals surface area contributed by atoms with Crippen LogP contribution in [-0.2, 0) is 28.8 Å². The Hall–Kier alpha value is -8.13. The summed E-state index contributed by atoms with van der Waals surface area (Å²) in [7, 11) is -4.93. The van der Waals surface area contributed by atoms with Crippen LogP contribution >= 0.6 is 0 Å². The van der Waals surface area contributed by atoms with Crippen LogP contribution in [0.15, 0.2) is 25.0 Å². The second-order valence-electron chi connectivity index (χ2n) is 37.8. The van der Waals surface area contributed by atoms with Crippen molar-refractivity contribution in [2.24, 2.45) is 135 Å². The summed E-state index contributed by atoms with van der Waals surface area (Å²) in [6, 6.07) is 0.580. The standard InChI is InChI=1S/C14H28BN5O4.3C13H26BN5O4.C12H26BN5O4.C11H24BN5O4/c16-13(19-11-3-6-18-7-4-11)20-8-10(2-1-5-15(23)24)14(17,9-20)12(21)22;1-16-12(18-10-5-17-6-10)19-7-9(3-2-4-14(22)23)13(15,8-19)11(20)21;15-11(18-7-12(16)3-4-12)19-6-9(2-1-5-14(22)23)13(17,8-19)10(20)21;15-12(18-10-3-5-17-6-10)19-7-9(2-1-4-14(22)23)13(16,8-19)11(20)21;1-17(6-5-14)11(15)18-7-9(3-2-4-13(21)22)12(16,8-18)10(19)20;13-4-5-16-10(14)17-6-8(2-1-3-12(20)21)11(15,7-17)9(18)19/h10-11,18,23-24H,1-9,17H2,(H2,16,19)(H,21,22);9-10,17,22-23H,2-8,15H2,1H3,(H,16,18)(H,20,21);9,22-23H,1-8,16-17H2,(H2,15,18)(H,20,21);9-10,17,22-23H,1-8,16H2,(H2,15,18)(H,20,21);9,15,21-22H,2-8,14,16H2,1H3,(H,19,20);8,20-21H,1-7,13,15H2,(H2,14,16)(H,18,19). The lowest BCUT2D eigenvalue weighted by molar-refractivity contribution is -0.145. The summed E-state index contributed by atoms with van der Waals surface area (Å²) in [6.45, 7) is 10.4. The number of aliphatic carboxylic acids is 6. The molecule has 0 aromatic heterocycles. The molecular formula is C76H156B6N30O24. The minimum Gasteiger partial charge on any atom is -0.480 e. The van der Waals surface area contributed by atoms with Crippen LogP contribution in [0.25, 0.3) is 0 Å². The van der Waals surface area contributed by atoms with Gasteiger partial charge in [-0.05, 0) is 128 Å². The van der Waals surface area contributed by atoms with Crippen LogP contribution in [0.4, 0.5) is 0 Å². The lowest BCUT2D eigenvalue weighted by atomic mass is 9.78. The van der Waals surface area contributed by atoms with Gasteiger partial charge in [0.2, 0.25) is 0 Å². The van der Waals surface area contributed by atoms with Gasteiger partial charge in [-0.15, -0.1) is 0 Å². The van der Waals surface area contributed by atoms with Crippen molar-refractivity contribution in [1.29, 1.82) is 5.41 Å². The minimum absolute atomic E-state index is 0.0580. The van der Waals surface area contributed by atoms with E-state index in [2.05, 4.69) is 46.2 Å². The molecule has 0 radical (unpaired) electrons. The maximum atomic E-state index is 11.7. The molecule has 13 atom stereocenters. The number of nitrogens with one attached hydrogen (secondary N) is 5. The van der Waals surface area contributed by atoms with E-state index in [9.17, 15) is 59.4 Å². The summed E-state index contributed by atoms with van der Waals surface area (Å²) in [5.74, 6) is -6.29. The van der Waals surface area contributed by atoms with Crippen LogP contribution in [0.3, 0.4) is 0 Å². The molecule has 1 saturated carbocycles. The van der Waals surface area contributed by atoms with Gasteiger partial charge in [-0.3, -0.25) is 49.2 Å². The van der Waals surface area contributed by atoms with Gasteiger partial charge in [0.1, 0.15) is 33.2 Å². The Kier molecular flexibility index (Phi) is 48.0. The topological polar surface area (TPSA) is 961 Å². The maximum absolute atomic E-state index is 11.7. The van der Waals surface area contributed by atoms with Gasteiger partial charge in [0.05, 0.1) is 31.2 Å². The molecule has 60 heteroatoms. The number of carboxylic acid groups (broad SMARTS) is 6. The molecule has 136 heavy (non-hydrogen) atoms. The lowest BCUT2D eigenvalue weighted by Crippen LogP contribution is -2.60. The van der Waals surface area contributed by atoms with Gasteiger partial charge < -0.3 is 221 Å². The first-order valence-corrected chi connectivity index (χ1v) is 46.6. The third-order valence-corrected chi connectivity index (χ3v) is 27.1. The molecule has 0 bridgehead atoms. The summed E-state index contributed by atoms with van der Waals surface area (Å²) in [4.78, 5) is 103. The van der Waals surface area contributed by atoms with Crippen LogP contribution in [0.1, 0.15) is 109 Å². The van der Waals surface area contributed by atoms with Crippen LogP contribution in [0, 0.1) is 40.9 Å². The predicted molar refractivity (Wildman–Crippen MR) is 514 cm³/mol. The zero-order valence-electron chi connectivity index (χ0n) is 78.6. The molecule has 0 amide bonds. The van der Waals surface area contributed by atoms with Crippen LogP contribution < -0.4 is 95.8 Å². The number of rotatable bonds is 39. The van der Waals surface area contributed by atoms with Crippen molar-refractivity contribution in [2.45, 2.75) is 204 Å². The summed E-state index contributed by atoms with van der Waals surface area (Å²) >= 11 is 0. The summed E-state index contributed by atoms with van der Waals surface area (Å²) in [5, 5.41) is 185. The average molecular weight is 1940 g/mol. The Morgan fingerprint density at radius 1 is 0.404 bits per heavy atom. The van der Waals surface area contributed by atoms with Gasteiger partial charge in [0.15, 0.2) is 35.8 Å². The van der Waals surface area contributed by atoms with E-state index in [4.69, 9.17) is 140 Å². The van der Waals surface area contributed by atoms with E-state index in [0.29, 0.717) is 173 Å². The fraction of sp³-hybridized carbons (Fsp3) is 0.842. The first-order chi connectivity index (χ1) is 63.7. The molecule has 10 aliphatic rings. The van der Waals surface area contributed by atoms with Crippen molar-refractivity contribution in [3.8, 4) is 0 Å². The number of nitrogens with zero attached hydrogens (tertiary/aromatic N) is 12. The molecule has 10 rings (SSSR count). The number of nitrogens with two attached hydrogens (primary N) is 13. The zero-order valence-corrected chi connectivity index (χ0v) is 78.6. The van der Waals surface area contributed by atoms with Crippen molar-refractivity contribution >= 4 is 114 Å². The molecule has 0 spiro atoms. The molecule has 13 unspecified atom stereocenters. The number of piperidine rings is 1. The Balaban J connectivity index is 0.000000288. The van der Waals surface area contributed by atoms with E-state index >= 15 is 0 Å². The smallest absolute Gasteiger partial charge is 0.451 e. The number of carboxylic acids is 6. The average Bonchev–Trinajstić information content (AvgIpc) is 1.69. The van der Waals surface area contributed by atoms with Gasteiger partial charge in [0, 0.05) is 173 Å². The summed E-state index contributed by atoms with van der Waals surface area (Å²) in [5.41, 5.74) is 68.6. The fourth-order valence-corrected chi connectivity index (χ4v) is 18.0. The van der Waals surface area contributed by atoms with E-state index in [-0.39, 0.29) is 148 Å². The molecule has 9 heterocycles. The highest BCUT2D eigenvalue weighted by Gasteiger charge is 2.56. The normalized spacial score (nSPS) is 28.3. The monoisotopic (exact) mass is 1940 g/mol. The Labute approximate surface area is 795 Å². The summed E-state index contributed by atoms with van der Waals surface area (Å²) < 4.78 is 0. The molecule has 10 fully saturated rings. The molecule has 1 aliphatic carbocycles.